The number of halogens is 2. The monoisotopic (exact) mass is 652 g/mol. The van der Waals surface area contributed by atoms with Crippen LogP contribution in [-0.4, -0.2) is 5.43 Å². The van der Waals surface area contributed by atoms with Gasteiger partial charge in [-0.05, 0) is 0 Å². The molecule has 200 valence electrons. The molecule has 0 amide bonds. The average molecular weight is 655 g/mol. The summed E-state index contributed by atoms with van der Waals surface area (Å²) in [4.78, 5) is 0. The van der Waals surface area contributed by atoms with Crippen molar-refractivity contribution < 1.29 is 18.0 Å². The van der Waals surface area contributed by atoms with Crippen LogP contribution in [0.3, 0.4) is 0 Å². The molecule has 0 aromatic heterocycles. The SMILES string of the molecule is C[Si](C)=[Zr]([Cl])[Cl].c1ccc(-c2c[cH-]c(-c3ccccc3)c2)cc1.c1ccc(-c2c[cH-]c(-c3ccccc3)c2)cc1. The first-order valence-electron chi connectivity index (χ1n) is 13.2. The maximum absolute atomic E-state index is 5.62. The zero-order chi connectivity index (χ0) is 28.2. The van der Waals surface area contributed by atoms with Crippen LogP contribution in [0.1, 0.15) is 0 Å². The quantitative estimate of drug-likeness (QED) is 0.131. The van der Waals surface area contributed by atoms with Crippen molar-refractivity contribution in [1.29, 1.82) is 0 Å². The third kappa shape index (κ3) is 9.15. The van der Waals surface area contributed by atoms with Gasteiger partial charge < -0.3 is 0 Å². The first kappa shape index (κ1) is 30.2. The van der Waals surface area contributed by atoms with Gasteiger partial charge in [-0.15, -0.1) is 57.6 Å². The Morgan fingerprint density at radius 2 is 0.725 bits per heavy atom. The van der Waals surface area contributed by atoms with E-state index in [4.69, 9.17) is 17.0 Å². The second-order valence-electron chi connectivity index (χ2n) is 9.50. The summed E-state index contributed by atoms with van der Waals surface area (Å²) < 4.78 is 0. The van der Waals surface area contributed by atoms with Crippen molar-refractivity contribution in [2.45, 2.75) is 13.1 Å². The van der Waals surface area contributed by atoms with Gasteiger partial charge in [-0.1, -0.05) is 132 Å². The van der Waals surface area contributed by atoms with Crippen LogP contribution in [0.15, 0.2) is 158 Å². The van der Waals surface area contributed by atoms with Gasteiger partial charge >= 0.3 is 53.5 Å². The topological polar surface area (TPSA) is 0 Å². The summed E-state index contributed by atoms with van der Waals surface area (Å²) in [5.41, 5.74) is 9.99. The summed E-state index contributed by atoms with van der Waals surface area (Å²) in [6.45, 7) is 4.33. The largest absolute Gasteiger partial charge is 0.169 e. The number of benzene rings is 4. The third-order valence-corrected chi connectivity index (χ3v) is 26.1. The van der Waals surface area contributed by atoms with Crippen LogP contribution in [0, 0.1) is 0 Å². The van der Waals surface area contributed by atoms with Crippen molar-refractivity contribution in [2.75, 3.05) is 0 Å². The average Bonchev–Trinajstić information content (AvgIpc) is 3.71. The van der Waals surface area contributed by atoms with E-state index < -0.39 is 18.0 Å². The van der Waals surface area contributed by atoms with Gasteiger partial charge in [0, 0.05) is 0 Å². The van der Waals surface area contributed by atoms with E-state index in [0.29, 0.717) is 0 Å². The minimum absolute atomic E-state index is 0.224. The van der Waals surface area contributed by atoms with Crippen LogP contribution < -0.4 is 0 Å². The Balaban J connectivity index is 0.000000155. The van der Waals surface area contributed by atoms with Gasteiger partial charge in [0.05, 0.1) is 0 Å². The molecule has 4 heteroatoms. The third-order valence-electron chi connectivity index (χ3n) is 6.31. The van der Waals surface area contributed by atoms with Crippen molar-refractivity contribution in [3.63, 3.8) is 0 Å². The van der Waals surface area contributed by atoms with E-state index in [0.717, 1.165) is 0 Å². The van der Waals surface area contributed by atoms with E-state index >= 15 is 0 Å². The van der Waals surface area contributed by atoms with Crippen molar-refractivity contribution in [2.24, 2.45) is 0 Å². The normalized spacial score (nSPS) is 10.0. The molecule has 0 unspecified atom stereocenters. The molecular weight excluding hydrogens is 623 g/mol. The van der Waals surface area contributed by atoms with Crippen LogP contribution >= 0.6 is 17.0 Å². The second kappa shape index (κ2) is 15.9. The Bertz CT molecular complexity index is 1360. The van der Waals surface area contributed by atoms with E-state index in [1.807, 2.05) is 24.3 Å². The molecular formula is C36H32Cl2SiZr-2. The molecule has 0 N–H and O–H groups in total. The van der Waals surface area contributed by atoms with Gasteiger partial charge in [0.2, 0.25) is 0 Å². The van der Waals surface area contributed by atoms with Gasteiger partial charge in [-0.3, -0.25) is 0 Å². The van der Waals surface area contributed by atoms with Gasteiger partial charge in [-0.25, -0.2) is 0 Å². The fourth-order valence-electron chi connectivity index (χ4n) is 4.13. The van der Waals surface area contributed by atoms with Crippen molar-refractivity contribution in [1.82, 2.24) is 0 Å². The zero-order valence-electron chi connectivity index (χ0n) is 22.8. The van der Waals surface area contributed by atoms with Crippen molar-refractivity contribution in [3.05, 3.63) is 158 Å². The second-order valence-corrected chi connectivity index (χ2v) is 32.5. The summed E-state index contributed by atoms with van der Waals surface area (Å²) in [6.07, 6.45) is 0. The summed E-state index contributed by atoms with van der Waals surface area (Å²) in [7, 11) is 11.2. The van der Waals surface area contributed by atoms with Crippen LogP contribution in [0.25, 0.3) is 44.5 Å². The molecule has 0 aliphatic heterocycles. The summed E-state index contributed by atoms with van der Waals surface area (Å²) in [6, 6.07) is 55.1. The molecule has 0 heterocycles. The Labute approximate surface area is 253 Å². The molecule has 0 saturated carbocycles. The first-order valence-corrected chi connectivity index (χ1v) is 25.8. The van der Waals surface area contributed by atoms with Crippen molar-refractivity contribution in [3.8, 4) is 44.5 Å². The molecule has 0 aliphatic rings. The minimum Gasteiger partial charge on any atom is -0.169 e. The molecule has 0 spiro atoms. The van der Waals surface area contributed by atoms with Crippen LogP contribution in [0.5, 0.6) is 0 Å². The molecule has 6 rings (SSSR count). The van der Waals surface area contributed by atoms with Crippen LogP contribution in [0.4, 0.5) is 0 Å². The van der Waals surface area contributed by atoms with Gasteiger partial charge in [0.1, 0.15) is 0 Å². The Morgan fingerprint density at radius 1 is 0.450 bits per heavy atom. The van der Waals surface area contributed by atoms with E-state index in [2.05, 4.69) is 147 Å². The Hall–Kier alpha value is -2.74. The minimum atomic E-state index is -1.65. The molecule has 0 radical (unpaired) electrons. The van der Waals surface area contributed by atoms with E-state index in [-0.39, 0.29) is 5.43 Å². The number of rotatable bonds is 4. The fraction of sp³-hybridized carbons (Fsp3) is 0.0556. The molecule has 0 bridgehead atoms. The van der Waals surface area contributed by atoms with E-state index in [9.17, 15) is 0 Å². The summed E-state index contributed by atoms with van der Waals surface area (Å²) in [5.74, 6) is 0. The summed E-state index contributed by atoms with van der Waals surface area (Å²) in [5, 5.41) is 0. The van der Waals surface area contributed by atoms with E-state index in [1.54, 1.807) is 0 Å². The molecule has 0 nitrogen and oxygen atoms in total. The predicted octanol–water partition coefficient (Wildman–Crippen LogP) is 11.6. The number of hydrogen-bond acceptors (Lipinski definition) is 0. The van der Waals surface area contributed by atoms with E-state index in [1.165, 1.54) is 44.5 Å². The Morgan fingerprint density at radius 3 is 1.00 bits per heavy atom. The van der Waals surface area contributed by atoms with Crippen LogP contribution in [0.2, 0.25) is 13.1 Å². The molecule has 0 fully saturated rings. The molecule has 0 saturated heterocycles. The van der Waals surface area contributed by atoms with Crippen molar-refractivity contribution >= 4 is 22.5 Å². The standard InChI is InChI=1S/2C17H13.C2H6Si.2ClH.Zr/c2*1-3-7-14(8-4-1)16-11-12-17(13-16)15-9-5-2-6-10-15;1-3-2;;;/h2*1-13H;1-2H3;2*1H;/q2*-1;;;;+2/p-2. The number of hydrogen-bond donors (Lipinski definition) is 0. The molecule has 0 atom stereocenters. The Kier molecular flexibility index (Phi) is 12.0. The molecule has 6 aromatic carbocycles. The van der Waals surface area contributed by atoms with Gasteiger partial charge in [0.15, 0.2) is 0 Å². The fourth-order valence-corrected chi connectivity index (χ4v) is 4.13. The predicted molar refractivity (Wildman–Crippen MR) is 175 cm³/mol. The zero-order valence-corrected chi connectivity index (χ0v) is 27.7. The summed E-state index contributed by atoms with van der Waals surface area (Å²) >= 11 is -1.65. The molecule has 0 aliphatic carbocycles. The first-order chi connectivity index (χ1) is 19.5. The smallest absolute Gasteiger partial charge is 0.0623 e. The maximum Gasteiger partial charge on any atom is -0.0623 e. The van der Waals surface area contributed by atoms with Gasteiger partial charge in [0.25, 0.3) is 0 Å². The maximum atomic E-state index is 5.62. The van der Waals surface area contributed by atoms with Crippen LogP contribution in [-0.2, 0) is 18.0 Å². The molecule has 40 heavy (non-hydrogen) atoms. The molecule has 6 aromatic rings. The van der Waals surface area contributed by atoms with Gasteiger partial charge in [-0.2, -0.15) is 12.1 Å².